The molecule has 1 N–H and O–H groups in total. The predicted molar refractivity (Wildman–Crippen MR) is 74.8 cm³/mol. The maximum atomic E-state index is 12.7. The number of rotatable bonds is 4. The molecule has 3 heterocycles. The molecule has 0 spiro atoms. The second kappa shape index (κ2) is 5.14. The number of aromatic nitrogens is 1. The van der Waals surface area contributed by atoms with Crippen LogP contribution in [0.3, 0.4) is 0 Å². The van der Waals surface area contributed by atoms with Crippen molar-refractivity contribution in [3.05, 3.63) is 18.0 Å². The minimum atomic E-state index is -3.40. The van der Waals surface area contributed by atoms with Crippen LogP contribution in [0.5, 0.6) is 0 Å². The second-order valence-corrected chi connectivity index (χ2v) is 7.53. The largest absolute Gasteiger partial charge is 0.372 e. The number of nitrogens with zero attached hydrogens (tertiary/aromatic N) is 2. The molecule has 0 amide bonds. The van der Waals surface area contributed by atoms with E-state index in [0.717, 1.165) is 18.5 Å². The van der Waals surface area contributed by atoms with Gasteiger partial charge in [0.1, 0.15) is 4.90 Å². The lowest BCUT2D eigenvalue weighted by atomic mass is 10.2. The molecule has 1 aromatic rings. The summed E-state index contributed by atoms with van der Waals surface area (Å²) < 4.78 is 34.6. The number of hydrogen-bond acceptors (Lipinski definition) is 4. The van der Waals surface area contributed by atoms with Gasteiger partial charge in [0, 0.05) is 38.6 Å². The molecule has 6 nitrogen and oxygen atoms in total. The Labute approximate surface area is 119 Å². The molecular formula is C13H21N3O3S. The Bertz CT molecular complexity index is 584. The smallest absolute Gasteiger partial charge is 0.244 e. The van der Waals surface area contributed by atoms with Gasteiger partial charge in [0.2, 0.25) is 10.0 Å². The highest BCUT2D eigenvalue weighted by atomic mass is 32.2. The molecule has 0 aliphatic carbocycles. The number of hydrogen-bond donors (Lipinski definition) is 1. The highest BCUT2D eigenvalue weighted by Gasteiger charge is 2.39. The molecule has 2 unspecified atom stereocenters. The molecule has 0 saturated carbocycles. The third-order valence-electron chi connectivity index (χ3n) is 4.09. The van der Waals surface area contributed by atoms with Crippen LogP contribution in [0.15, 0.2) is 17.2 Å². The van der Waals surface area contributed by atoms with Crippen molar-refractivity contribution >= 4 is 10.0 Å². The van der Waals surface area contributed by atoms with Crippen molar-refractivity contribution < 1.29 is 13.2 Å². The maximum Gasteiger partial charge on any atom is 0.244 e. The number of morpholine rings is 1. The Morgan fingerprint density at radius 1 is 1.35 bits per heavy atom. The van der Waals surface area contributed by atoms with Gasteiger partial charge in [-0.25, -0.2) is 8.42 Å². The molecule has 2 aliphatic heterocycles. The number of ether oxygens (including phenoxy) is 1. The molecule has 1 aromatic heterocycles. The molecule has 20 heavy (non-hydrogen) atoms. The molecule has 2 atom stereocenters. The quantitative estimate of drug-likeness (QED) is 0.868. The van der Waals surface area contributed by atoms with E-state index in [9.17, 15) is 8.42 Å². The summed E-state index contributed by atoms with van der Waals surface area (Å²) in [7, 11) is 0.315. The van der Waals surface area contributed by atoms with Gasteiger partial charge in [-0.2, -0.15) is 4.31 Å². The number of aryl methyl sites for hydroxylation is 1. The van der Waals surface area contributed by atoms with Crippen LogP contribution < -0.4 is 5.32 Å². The van der Waals surface area contributed by atoms with Gasteiger partial charge < -0.3 is 14.6 Å². The number of fused-ring (bicyclic) bond motifs is 2. The lowest BCUT2D eigenvalue weighted by Crippen LogP contribution is -2.45. The first-order valence-corrected chi connectivity index (χ1v) is 8.40. The van der Waals surface area contributed by atoms with E-state index >= 15 is 0 Å². The fraction of sp³-hybridized carbons (Fsp3) is 0.692. The zero-order chi connectivity index (χ0) is 14.3. The van der Waals surface area contributed by atoms with E-state index in [1.165, 1.54) is 0 Å². The normalized spacial score (nSPS) is 27.1. The summed E-state index contributed by atoms with van der Waals surface area (Å²) >= 11 is 0. The summed E-state index contributed by atoms with van der Waals surface area (Å²) in [6, 6.07) is 1.75. The summed E-state index contributed by atoms with van der Waals surface area (Å²) in [5.74, 6) is 0. The Balaban J connectivity index is 1.86. The van der Waals surface area contributed by atoms with Crippen molar-refractivity contribution in [1.29, 1.82) is 0 Å². The van der Waals surface area contributed by atoms with E-state index < -0.39 is 10.0 Å². The first-order chi connectivity index (χ1) is 9.50. The van der Waals surface area contributed by atoms with Crippen molar-refractivity contribution in [2.75, 3.05) is 20.1 Å². The first kappa shape index (κ1) is 14.1. The van der Waals surface area contributed by atoms with Gasteiger partial charge in [0.25, 0.3) is 0 Å². The number of sulfonamides is 1. The van der Waals surface area contributed by atoms with Gasteiger partial charge >= 0.3 is 0 Å². The Hall–Kier alpha value is -0.890. The highest BCUT2D eigenvalue weighted by molar-refractivity contribution is 7.89. The topological polar surface area (TPSA) is 63.6 Å². The Kier molecular flexibility index (Phi) is 3.62. The molecule has 0 radical (unpaired) electrons. The summed E-state index contributed by atoms with van der Waals surface area (Å²) in [6.07, 6.45) is 3.78. The molecule has 2 aliphatic rings. The average Bonchev–Trinajstić information content (AvgIpc) is 2.94. The molecule has 2 bridgehead atoms. The lowest BCUT2D eigenvalue weighted by molar-refractivity contribution is -0.0114. The van der Waals surface area contributed by atoms with Crippen molar-refractivity contribution in [3.8, 4) is 0 Å². The first-order valence-electron chi connectivity index (χ1n) is 6.96. The second-order valence-electron chi connectivity index (χ2n) is 5.59. The Morgan fingerprint density at radius 2 is 2.00 bits per heavy atom. The maximum absolute atomic E-state index is 12.7. The van der Waals surface area contributed by atoms with Crippen LogP contribution in [-0.2, 0) is 28.4 Å². The predicted octanol–water partition coefficient (Wildman–Crippen LogP) is 0.296. The van der Waals surface area contributed by atoms with Crippen LogP contribution in [0.2, 0.25) is 0 Å². The summed E-state index contributed by atoms with van der Waals surface area (Å²) in [4.78, 5) is 0.381. The molecule has 7 heteroatoms. The fourth-order valence-corrected chi connectivity index (χ4v) is 4.60. The highest BCUT2D eigenvalue weighted by Crippen LogP contribution is 2.30. The summed E-state index contributed by atoms with van der Waals surface area (Å²) in [6.45, 7) is 1.62. The minimum Gasteiger partial charge on any atom is -0.372 e. The van der Waals surface area contributed by atoms with E-state index in [-0.39, 0.29) is 12.2 Å². The van der Waals surface area contributed by atoms with E-state index in [1.54, 1.807) is 16.6 Å². The van der Waals surface area contributed by atoms with Crippen LogP contribution in [0.1, 0.15) is 18.5 Å². The molecule has 0 aromatic carbocycles. The van der Waals surface area contributed by atoms with E-state index in [4.69, 9.17) is 4.74 Å². The molecule has 2 fully saturated rings. The molecular weight excluding hydrogens is 278 g/mol. The van der Waals surface area contributed by atoms with Gasteiger partial charge in [-0.1, -0.05) is 0 Å². The van der Waals surface area contributed by atoms with Crippen molar-refractivity contribution in [2.45, 2.75) is 36.5 Å². The van der Waals surface area contributed by atoms with Crippen LogP contribution in [0.25, 0.3) is 0 Å². The molecule has 3 rings (SSSR count). The standard InChI is InChI=1S/C13H21N3O3S/c1-14-6-10-5-13(9-15(10)2)20(17,18)16-7-11-3-4-12(8-16)19-11/h5,9,11-12,14H,3-4,6-8H2,1-2H3. The average molecular weight is 299 g/mol. The molecule has 2 saturated heterocycles. The summed E-state index contributed by atoms with van der Waals surface area (Å²) in [5, 5.41) is 3.04. The van der Waals surface area contributed by atoms with Gasteiger partial charge in [-0.15, -0.1) is 0 Å². The van der Waals surface area contributed by atoms with Crippen molar-refractivity contribution in [1.82, 2.24) is 14.2 Å². The minimum absolute atomic E-state index is 0.0732. The van der Waals surface area contributed by atoms with E-state index in [0.29, 0.717) is 24.5 Å². The van der Waals surface area contributed by atoms with Gasteiger partial charge in [0.05, 0.1) is 12.2 Å². The van der Waals surface area contributed by atoms with Crippen LogP contribution in [0, 0.1) is 0 Å². The van der Waals surface area contributed by atoms with Crippen LogP contribution in [-0.4, -0.2) is 49.6 Å². The van der Waals surface area contributed by atoms with E-state index in [2.05, 4.69) is 5.32 Å². The van der Waals surface area contributed by atoms with Gasteiger partial charge in [-0.3, -0.25) is 0 Å². The fourth-order valence-electron chi connectivity index (χ4n) is 3.00. The van der Waals surface area contributed by atoms with Crippen molar-refractivity contribution in [3.63, 3.8) is 0 Å². The molecule has 112 valence electrons. The van der Waals surface area contributed by atoms with Crippen LogP contribution in [0.4, 0.5) is 0 Å². The van der Waals surface area contributed by atoms with Crippen LogP contribution >= 0.6 is 0 Å². The Morgan fingerprint density at radius 3 is 2.60 bits per heavy atom. The lowest BCUT2D eigenvalue weighted by Gasteiger charge is -2.30. The zero-order valence-corrected chi connectivity index (χ0v) is 12.7. The number of nitrogens with one attached hydrogen (secondary N) is 1. The summed E-state index contributed by atoms with van der Waals surface area (Å²) in [5.41, 5.74) is 0.960. The zero-order valence-electron chi connectivity index (χ0n) is 11.9. The monoisotopic (exact) mass is 299 g/mol. The van der Waals surface area contributed by atoms with E-state index in [1.807, 2.05) is 18.7 Å². The third kappa shape index (κ3) is 2.39. The van der Waals surface area contributed by atoms with Gasteiger partial charge in [0.15, 0.2) is 0 Å². The van der Waals surface area contributed by atoms with Crippen molar-refractivity contribution in [2.24, 2.45) is 7.05 Å². The SMILES string of the molecule is CNCc1cc(S(=O)(=O)N2CC3CCC(C2)O3)cn1C. The third-order valence-corrected chi connectivity index (χ3v) is 5.89. The van der Waals surface area contributed by atoms with Gasteiger partial charge in [-0.05, 0) is 26.0 Å².